The summed E-state index contributed by atoms with van der Waals surface area (Å²) in [5.74, 6) is 5.88. The molecule has 2 nitrogen and oxygen atoms in total. The Morgan fingerprint density at radius 3 is 2.56 bits per heavy atom. The SMILES string of the molecule is CCCC#CCCNO. The maximum absolute atomic E-state index is 8.11. The standard InChI is InChI=1S/C7H13NO/c1-2-3-4-5-6-7-8-9/h8-9H,2-3,6-7H2,1H3. The van der Waals surface area contributed by atoms with Crippen molar-refractivity contribution in [3.05, 3.63) is 0 Å². The molecular formula is C7H13NO. The molecule has 0 rings (SSSR count). The summed E-state index contributed by atoms with van der Waals surface area (Å²) in [6, 6.07) is 0. The summed E-state index contributed by atoms with van der Waals surface area (Å²) in [5, 5.41) is 8.11. The van der Waals surface area contributed by atoms with Crippen molar-refractivity contribution in [1.29, 1.82) is 0 Å². The van der Waals surface area contributed by atoms with Crippen LogP contribution in [0.2, 0.25) is 0 Å². The van der Waals surface area contributed by atoms with Gasteiger partial charge in [0.25, 0.3) is 0 Å². The van der Waals surface area contributed by atoms with Gasteiger partial charge in [-0.25, -0.2) is 5.48 Å². The lowest BCUT2D eigenvalue weighted by atomic mass is 10.3. The quantitative estimate of drug-likeness (QED) is 0.339. The van der Waals surface area contributed by atoms with E-state index in [1.54, 1.807) is 0 Å². The minimum absolute atomic E-state index is 0.566. The van der Waals surface area contributed by atoms with Crippen LogP contribution in [-0.2, 0) is 0 Å². The van der Waals surface area contributed by atoms with Crippen molar-refractivity contribution in [2.24, 2.45) is 0 Å². The second kappa shape index (κ2) is 7.48. The van der Waals surface area contributed by atoms with Crippen LogP contribution in [0.4, 0.5) is 0 Å². The zero-order valence-corrected chi connectivity index (χ0v) is 5.78. The fourth-order valence-electron chi connectivity index (χ4n) is 0.420. The Morgan fingerprint density at radius 2 is 2.00 bits per heavy atom. The second-order valence-electron chi connectivity index (χ2n) is 1.76. The van der Waals surface area contributed by atoms with Crippen molar-refractivity contribution in [3.8, 4) is 11.8 Å². The molecule has 0 saturated carbocycles. The lowest BCUT2D eigenvalue weighted by Gasteiger charge is -1.85. The topological polar surface area (TPSA) is 32.3 Å². The molecule has 0 aromatic heterocycles. The van der Waals surface area contributed by atoms with E-state index >= 15 is 0 Å². The van der Waals surface area contributed by atoms with Crippen LogP contribution >= 0.6 is 0 Å². The Bertz CT molecular complexity index is 101. The van der Waals surface area contributed by atoms with Crippen LogP contribution in [0.25, 0.3) is 0 Å². The van der Waals surface area contributed by atoms with Crippen molar-refractivity contribution < 1.29 is 5.21 Å². The van der Waals surface area contributed by atoms with Crippen molar-refractivity contribution >= 4 is 0 Å². The predicted molar refractivity (Wildman–Crippen MR) is 37.1 cm³/mol. The van der Waals surface area contributed by atoms with Crippen molar-refractivity contribution in [2.75, 3.05) is 6.54 Å². The minimum Gasteiger partial charge on any atom is -0.317 e. The molecule has 0 aromatic rings. The van der Waals surface area contributed by atoms with E-state index in [1.165, 1.54) is 0 Å². The zero-order chi connectivity index (χ0) is 6.95. The molecule has 52 valence electrons. The van der Waals surface area contributed by atoms with Gasteiger partial charge in [-0.3, -0.25) is 0 Å². The van der Waals surface area contributed by atoms with Crippen molar-refractivity contribution in [3.63, 3.8) is 0 Å². The van der Waals surface area contributed by atoms with Crippen LogP contribution in [0.1, 0.15) is 26.2 Å². The zero-order valence-electron chi connectivity index (χ0n) is 5.78. The second-order valence-corrected chi connectivity index (χ2v) is 1.76. The first-order chi connectivity index (χ1) is 4.41. The van der Waals surface area contributed by atoms with E-state index in [9.17, 15) is 0 Å². The van der Waals surface area contributed by atoms with Gasteiger partial charge in [0.1, 0.15) is 0 Å². The molecule has 0 amide bonds. The Balaban J connectivity index is 2.96. The predicted octanol–water partition coefficient (Wildman–Crippen LogP) is 1.16. The molecule has 0 atom stereocenters. The summed E-state index contributed by atoms with van der Waals surface area (Å²) in [6.07, 6.45) is 2.81. The van der Waals surface area contributed by atoms with E-state index in [1.807, 2.05) is 5.48 Å². The van der Waals surface area contributed by atoms with Gasteiger partial charge in [-0.2, -0.15) is 0 Å². The van der Waals surface area contributed by atoms with Gasteiger partial charge in [0.2, 0.25) is 0 Å². The highest BCUT2D eigenvalue weighted by molar-refractivity contribution is 4.98. The van der Waals surface area contributed by atoms with Gasteiger partial charge < -0.3 is 5.21 Å². The molecule has 0 bridgehead atoms. The summed E-state index contributed by atoms with van der Waals surface area (Å²) in [7, 11) is 0. The van der Waals surface area contributed by atoms with Crippen LogP contribution in [0, 0.1) is 11.8 Å². The summed E-state index contributed by atoms with van der Waals surface area (Å²) < 4.78 is 0. The lowest BCUT2D eigenvalue weighted by molar-refractivity contribution is 0.169. The molecule has 0 spiro atoms. The van der Waals surface area contributed by atoms with Crippen LogP contribution in [0.5, 0.6) is 0 Å². The molecule has 2 N–H and O–H groups in total. The third-order valence-corrected chi connectivity index (χ3v) is 0.862. The molecule has 0 saturated heterocycles. The van der Waals surface area contributed by atoms with E-state index in [-0.39, 0.29) is 0 Å². The molecule has 0 unspecified atom stereocenters. The third kappa shape index (κ3) is 7.48. The summed E-state index contributed by atoms with van der Waals surface area (Å²) in [6.45, 7) is 2.66. The number of hydrogen-bond donors (Lipinski definition) is 2. The van der Waals surface area contributed by atoms with Crippen LogP contribution in [0.3, 0.4) is 0 Å². The number of rotatable bonds is 3. The maximum atomic E-state index is 8.11. The summed E-state index contributed by atoms with van der Waals surface area (Å²) in [4.78, 5) is 0. The molecule has 0 aromatic carbocycles. The first kappa shape index (κ1) is 8.48. The van der Waals surface area contributed by atoms with Gasteiger partial charge in [0.15, 0.2) is 0 Å². The van der Waals surface area contributed by atoms with Crippen molar-refractivity contribution in [2.45, 2.75) is 26.2 Å². The van der Waals surface area contributed by atoms with E-state index in [0.717, 1.165) is 19.3 Å². The average molecular weight is 127 g/mol. The lowest BCUT2D eigenvalue weighted by Crippen LogP contribution is -2.06. The normalized spacial score (nSPS) is 8.22. The molecule has 0 fully saturated rings. The Morgan fingerprint density at radius 1 is 1.33 bits per heavy atom. The van der Waals surface area contributed by atoms with Gasteiger partial charge >= 0.3 is 0 Å². The smallest absolute Gasteiger partial charge is 0.0317 e. The van der Waals surface area contributed by atoms with Crippen molar-refractivity contribution in [1.82, 2.24) is 5.48 Å². The minimum atomic E-state index is 0.566. The third-order valence-electron chi connectivity index (χ3n) is 0.862. The van der Waals surface area contributed by atoms with E-state index in [2.05, 4.69) is 18.8 Å². The Labute approximate surface area is 56.2 Å². The number of hydrogen-bond acceptors (Lipinski definition) is 2. The van der Waals surface area contributed by atoms with E-state index in [0.29, 0.717) is 6.54 Å². The van der Waals surface area contributed by atoms with Crippen LogP contribution in [0.15, 0.2) is 0 Å². The molecule has 2 heteroatoms. The summed E-state index contributed by atoms with van der Waals surface area (Å²) >= 11 is 0. The fraction of sp³-hybridized carbons (Fsp3) is 0.714. The molecule has 0 aliphatic carbocycles. The van der Waals surface area contributed by atoms with E-state index < -0.39 is 0 Å². The highest BCUT2D eigenvalue weighted by Gasteiger charge is 1.74. The summed E-state index contributed by atoms with van der Waals surface area (Å²) in [5.41, 5.74) is 2.04. The maximum Gasteiger partial charge on any atom is 0.0317 e. The molecular weight excluding hydrogens is 114 g/mol. The van der Waals surface area contributed by atoms with Gasteiger partial charge in [0, 0.05) is 19.4 Å². The number of hydroxylamine groups is 1. The molecule has 0 heterocycles. The Hall–Kier alpha value is -0.520. The molecule has 0 aliphatic heterocycles. The molecule has 0 aliphatic rings. The fourth-order valence-corrected chi connectivity index (χ4v) is 0.420. The molecule has 9 heavy (non-hydrogen) atoms. The van der Waals surface area contributed by atoms with Gasteiger partial charge in [-0.15, -0.1) is 11.8 Å². The highest BCUT2D eigenvalue weighted by atomic mass is 16.5. The first-order valence-corrected chi connectivity index (χ1v) is 3.24. The van der Waals surface area contributed by atoms with Gasteiger partial charge in [0.05, 0.1) is 0 Å². The van der Waals surface area contributed by atoms with E-state index in [4.69, 9.17) is 5.21 Å². The monoisotopic (exact) mass is 127 g/mol. The number of unbranched alkanes of at least 4 members (excludes halogenated alkanes) is 1. The van der Waals surface area contributed by atoms with Gasteiger partial charge in [-0.05, 0) is 6.42 Å². The van der Waals surface area contributed by atoms with Crippen LogP contribution in [-0.4, -0.2) is 11.8 Å². The first-order valence-electron chi connectivity index (χ1n) is 3.24. The van der Waals surface area contributed by atoms with Crippen LogP contribution < -0.4 is 5.48 Å². The Kier molecular flexibility index (Phi) is 7.05. The van der Waals surface area contributed by atoms with Gasteiger partial charge in [-0.1, -0.05) is 6.92 Å². The number of nitrogens with one attached hydrogen (secondary N) is 1. The average Bonchev–Trinajstić information content (AvgIpc) is 1.89. The largest absolute Gasteiger partial charge is 0.317 e. The highest BCUT2D eigenvalue weighted by Crippen LogP contribution is 1.81. The molecule has 0 radical (unpaired) electrons.